The molecule has 1 aliphatic rings. The quantitative estimate of drug-likeness (QED) is 0.940. The fraction of sp³-hybridized carbons (Fsp3) is 0.350. The van der Waals surface area contributed by atoms with E-state index in [1.54, 1.807) is 0 Å². The van der Waals surface area contributed by atoms with Crippen LogP contribution in [0.15, 0.2) is 54.6 Å². The fourth-order valence-electron chi connectivity index (χ4n) is 3.29. The summed E-state index contributed by atoms with van der Waals surface area (Å²) in [5.41, 5.74) is 2.97. The minimum atomic E-state index is -0.353. The third-order valence-electron chi connectivity index (χ3n) is 4.71. The Bertz CT molecular complexity index is 652. The van der Waals surface area contributed by atoms with Gasteiger partial charge in [-0.25, -0.2) is 0 Å². The van der Waals surface area contributed by atoms with Gasteiger partial charge in [0.2, 0.25) is 0 Å². The molecule has 1 saturated heterocycles. The number of rotatable bonds is 4. The first kappa shape index (κ1) is 15.7. The van der Waals surface area contributed by atoms with Gasteiger partial charge in [0, 0.05) is 6.54 Å². The third-order valence-corrected chi connectivity index (χ3v) is 4.71. The van der Waals surface area contributed by atoms with Gasteiger partial charge in [0.05, 0.1) is 17.7 Å². The largest absolute Gasteiger partial charge is 0.388 e. The average Bonchev–Trinajstić information content (AvgIpc) is 2.63. The summed E-state index contributed by atoms with van der Waals surface area (Å²) in [7, 11) is 0. The summed E-state index contributed by atoms with van der Waals surface area (Å²) in [4.78, 5) is 2.43. The van der Waals surface area contributed by atoms with Crippen LogP contribution in [0.4, 0.5) is 0 Å². The monoisotopic (exact) mass is 306 g/mol. The lowest BCUT2D eigenvalue weighted by atomic mass is 9.87. The van der Waals surface area contributed by atoms with E-state index in [0.29, 0.717) is 11.5 Å². The molecule has 0 saturated carbocycles. The minimum Gasteiger partial charge on any atom is -0.388 e. The Morgan fingerprint density at radius 3 is 2.30 bits per heavy atom. The van der Waals surface area contributed by atoms with Gasteiger partial charge in [-0.15, -0.1) is 0 Å². The lowest BCUT2D eigenvalue weighted by Crippen LogP contribution is -2.35. The standard InChI is InChI=1S/C20H22N2O/c21-14-16-6-8-17(9-7-16)15-22-12-10-19(11-13-22)20(23)18-4-2-1-3-5-18/h1-9,19-20,23H,10-13,15H2. The molecule has 0 amide bonds. The van der Waals surface area contributed by atoms with Crippen LogP contribution in [0.2, 0.25) is 0 Å². The predicted molar refractivity (Wildman–Crippen MR) is 90.6 cm³/mol. The molecule has 1 unspecified atom stereocenters. The Morgan fingerprint density at radius 1 is 1.04 bits per heavy atom. The van der Waals surface area contributed by atoms with Crippen LogP contribution in [0, 0.1) is 17.2 Å². The van der Waals surface area contributed by atoms with Crippen molar-refractivity contribution in [3.63, 3.8) is 0 Å². The fourth-order valence-corrected chi connectivity index (χ4v) is 3.29. The molecule has 1 N–H and O–H groups in total. The average molecular weight is 306 g/mol. The van der Waals surface area contributed by atoms with Crippen LogP contribution < -0.4 is 0 Å². The maximum atomic E-state index is 10.5. The number of aliphatic hydroxyl groups excluding tert-OH is 1. The van der Waals surface area contributed by atoms with Gasteiger partial charge in [0.25, 0.3) is 0 Å². The van der Waals surface area contributed by atoms with Crippen molar-refractivity contribution >= 4 is 0 Å². The van der Waals surface area contributed by atoms with E-state index in [1.807, 2.05) is 54.6 Å². The van der Waals surface area contributed by atoms with Gasteiger partial charge in [0.1, 0.15) is 0 Å². The lowest BCUT2D eigenvalue weighted by Gasteiger charge is -2.34. The van der Waals surface area contributed by atoms with Crippen LogP contribution >= 0.6 is 0 Å². The number of hydrogen-bond donors (Lipinski definition) is 1. The van der Waals surface area contributed by atoms with Crippen LogP contribution in [-0.2, 0) is 6.54 Å². The Morgan fingerprint density at radius 2 is 1.70 bits per heavy atom. The van der Waals surface area contributed by atoms with Crippen molar-refractivity contribution in [1.82, 2.24) is 4.90 Å². The van der Waals surface area contributed by atoms with E-state index < -0.39 is 0 Å². The summed E-state index contributed by atoms with van der Waals surface area (Å²) < 4.78 is 0. The van der Waals surface area contributed by atoms with Crippen LogP contribution in [0.1, 0.15) is 35.6 Å². The zero-order valence-corrected chi connectivity index (χ0v) is 13.2. The van der Waals surface area contributed by atoms with Crippen LogP contribution in [0.25, 0.3) is 0 Å². The van der Waals surface area contributed by atoms with Gasteiger partial charge in [-0.3, -0.25) is 4.90 Å². The SMILES string of the molecule is N#Cc1ccc(CN2CCC(C(O)c3ccccc3)CC2)cc1. The first-order valence-corrected chi connectivity index (χ1v) is 8.20. The zero-order valence-electron chi connectivity index (χ0n) is 13.2. The highest BCUT2D eigenvalue weighted by Gasteiger charge is 2.26. The number of nitrogens with zero attached hydrogens (tertiary/aromatic N) is 2. The molecule has 118 valence electrons. The Hall–Kier alpha value is -2.15. The molecular weight excluding hydrogens is 284 g/mol. The van der Waals surface area contributed by atoms with Crippen LogP contribution in [0.3, 0.4) is 0 Å². The zero-order chi connectivity index (χ0) is 16.1. The number of piperidine rings is 1. The highest BCUT2D eigenvalue weighted by molar-refractivity contribution is 5.31. The first-order valence-electron chi connectivity index (χ1n) is 8.20. The number of aliphatic hydroxyl groups is 1. The number of hydrogen-bond acceptors (Lipinski definition) is 3. The molecule has 1 fully saturated rings. The molecule has 2 aromatic carbocycles. The van der Waals surface area contributed by atoms with Crippen molar-refractivity contribution in [3.05, 3.63) is 71.3 Å². The molecule has 0 spiro atoms. The maximum absolute atomic E-state index is 10.5. The van der Waals surface area contributed by atoms with Gasteiger partial charge in [-0.05, 0) is 55.1 Å². The predicted octanol–water partition coefficient (Wildman–Crippen LogP) is 3.50. The molecule has 3 rings (SSSR count). The summed E-state index contributed by atoms with van der Waals surface area (Å²) in [6.07, 6.45) is 1.69. The van der Waals surface area contributed by atoms with Crippen molar-refractivity contribution in [2.75, 3.05) is 13.1 Å². The van der Waals surface area contributed by atoms with Crippen molar-refractivity contribution in [2.24, 2.45) is 5.92 Å². The molecular formula is C20H22N2O. The van der Waals surface area contributed by atoms with E-state index in [1.165, 1.54) is 5.56 Å². The smallest absolute Gasteiger partial charge is 0.0991 e. The topological polar surface area (TPSA) is 47.3 Å². The van der Waals surface area contributed by atoms with Gasteiger partial charge >= 0.3 is 0 Å². The first-order chi connectivity index (χ1) is 11.3. The Kier molecular flexibility index (Phi) is 5.07. The second kappa shape index (κ2) is 7.41. The van der Waals surface area contributed by atoms with E-state index in [4.69, 9.17) is 5.26 Å². The van der Waals surface area contributed by atoms with Gasteiger partial charge in [-0.1, -0.05) is 42.5 Å². The molecule has 0 aromatic heterocycles. The molecule has 3 heteroatoms. The van der Waals surface area contributed by atoms with Crippen LogP contribution in [-0.4, -0.2) is 23.1 Å². The summed E-state index contributed by atoms with van der Waals surface area (Å²) in [5, 5.41) is 19.4. The molecule has 0 bridgehead atoms. The maximum Gasteiger partial charge on any atom is 0.0991 e. The molecule has 3 nitrogen and oxygen atoms in total. The van der Waals surface area contributed by atoms with E-state index in [-0.39, 0.29) is 6.10 Å². The third kappa shape index (κ3) is 3.98. The van der Waals surface area contributed by atoms with E-state index in [9.17, 15) is 5.11 Å². The van der Waals surface area contributed by atoms with Crippen molar-refractivity contribution in [3.8, 4) is 6.07 Å². The Balaban J connectivity index is 1.53. The lowest BCUT2D eigenvalue weighted by molar-refractivity contribution is 0.0568. The molecule has 23 heavy (non-hydrogen) atoms. The Labute approximate surface area is 137 Å². The minimum absolute atomic E-state index is 0.342. The normalized spacial score (nSPS) is 17.6. The van der Waals surface area contributed by atoms with Crippen molar-refractivity contribution in [1.29, 1.82) is 5.26 Å². The molecule has 1 heterocycles. The summed E-state index contributed by atoms with van der Waals surface area (Å²) in [6, 6.07) is 19.9. The molecule has 0 radical (unpaired) electrons. The number of benzene rings is 2. The molecule has 1 aliphatic heterocycles. The van der Waals surface area contributed by atoms with E-state index >= 15 is 0 Å². The van der Waals surface area contributed by atoms with Gasteiger partial charge in [0.15, 0.2) is 0 Å². The highest BCUT2D eigenvalue weighted by atomic mass is 16.3. The van der Waals surface area contributed by atoms with E-state index in [2.05, 4.69) is 11.0 Å². The molecule has 1 atom stereocenters. The van der Waals surface area contributed by atoms with E-state index in [0.717, 1.165) is 38.0 Å². The second-order valence-corrected chi connectivity index (χ2v) is 6.28. The van der Waals surface area contributed by atoms with Gasteiger partial charge in [-0.2, -0.15) is 5.26 Å². The second-order valence-electron chi connectivity index (χ2n) is 6.28. The summed E-state index contributed by atoms with van der Waals surface area (Å²) in [6.45, 7) is 2.93. The van der Waals surface area contributed by atoms with Crippen LogP contribution in [0.5, 0.6) is 0 Å². The summed E-state index contributed by atoms with van der Waals surface area (Å²) in [5.74, 6) is 0.342. The summed E-state index contributed by atoms with van der Waals surface area (Å²) >= 11 is 0. The van der Waals surface area contributed by atoms with Crippen molar-refractivity contribution < 1.29 is 5.11 Å². The highest BCUT2D eigenvalue weighted by Crippen LogP contribution is 2.31. The molecule has 2 aromatic rings. The number of nitriles is 1. The van der Waals surface area contributed by atoms with Crippen molar-refractivity contribution in [2.45, 2.75) is 25.5 Å². The number of likely N-dealkylation sites (tertiary alicyclic amines) is 1. The molecule has 0 aliphatic carbocycles. The van der Waals surface area contributed by atoms with Gasteiger partial charge < -0.3 is 5.11 Å².